The van der Waals surface area contributed by atoms with E-state index < -0.39 is 0 Å². The van der Waals surface area contributed by atoms with Crippen molar-refractivity contribution in [3.05, 3.63) is 0 Å². The van der Waals surface area contributed by atoms with Crippen molar-refractivity contribution in [3.63, 3.8) is 0 Å². The Morgan fingerprint density at radius 1 is 1.43 bits per heavy atom. The highest BCUT2D eigenvalue weighted by atomic mass is 16.5. The number of carbonyl (C=O) groups is 2. The number of imide groups is 1. The standard InChI is InChI=1S/C10H17NO3/c1-3-8-7-9(12)11(10(8)13)5-6-14-4-2/h8H,3-7H2,1-2H3. The third kappa shape index (κ3) is 2.32. The molecule has 4 nitrogen and oxygen atoms in total. The summed E-state index contributed by atoms with van der Waals surface area (Å²) in [6, 6.07) is 0. The van der Waals surface area contributed by atoms with Crippen LogP contribution in [0.15, 0.2) is 0 Å². The zero-order valence-corrected chi connectivity index (χ0v) is 8.78. The summed E-state index contributed by atoms with van der Waals surface area (Å²) >= 11 is 0. The molecule has 1 fully saturated rings. The number of carbonyl (C=O) groups excluding carboxylic acids is 2. The van der Waals surface area contributed by atoms with Crippen molar-refractivity contribution in [2.45, 2.75) is 26.7 Å². The Labute approximate surface area is 84.2 Å². The van der Waals surface area contributed by atoms with E-state index in [9.17, 15) is 9.59 Å². The Morgan fingerprint density at radius 3 is 2.64 bits per heavy atom. The van der Waals surface area contributed by atoms with Gasteiger partial charge < -0.3 is 4.74 Å². The molecular formula is C10H17NO3. The van der Waals surface area contributed by atoms with Crippen LogP contribution >= 0.6 is 0 Å². The molecule has 0 N–H and O–H groups in total. The van der Waals surface area contributed by atoms with Crippen LogP contribution in [0.25, 0.3) is 0 Å². The van der Waals surface area contributed by atoms with E-state index in [2.05, 4.69) is 0 Å². The molecule has 4 heteroatoms. The lowest BCUT2D eigenvalue weighted by Crippen LogP contribution is -2.33. The molecular weight excluding hydrogens is 182 g/mol. The van der Waals surface area contributed by atoms with Gasteiger partial charge >= 0.3 is 0 Å². The van der Waals surface area contributed by atoms with Crippen molar-refractivity contribution in [2.75, 3.05) is 19.8 Å². The number of hydrogen-bond acceptors (Lipinski definition) is 3. The molecule has 1 saturated heterocycles. The highest BCUT2D eigenvalue weighted by Crippen LogP contribution is 2.21. The Balaban J connectivity index is 2.44. The van der Waals surface area contributed by atoms with Crippen LogP contribution in [0.5, 0.6) is 0 Å². The van der Waals surface area contributed by atoms with Gasteiger partial charge in [-0.2, -0.15) is 0 Å². The van der Waals surface area contributed by atoms with Gasteiger partial charge in [0.2, 0.25) is 11.8 Å². The molecule has 1 aliphatic heterocycles. The molecule has 0 aliphatic carbocycles. The first-order valence-corrected chi connectivity index (χ1v) is 5.12. The molecule has 1 aliphatic rings. The molecule has 0 aromatic heterocycles. The van der Waals surface area contributed by atoms with Gasteiger partial charge in [-0.3, -0.25) is 14.5 Å². The summed E-state index contributed by atoms with van der Waals surface area (Å²) in [6.45, 7) is 5.30. The van der Waals surface area contributed by atoms with Crippen LogP contribution < -0.4 is 0 Å². The van der Waals surface area contributed by atoms with Gasteiger partial charge in [-0.05, 0) is 13.3 Å². The monoisotopic (exact) mass is 199 g/mol. The van der Waals surface area contributed by atoms with Crippen molar-refractivity contribution in [3.8, 4) is 0 Å². The summed E-state index contributed by atoms with van der Waals surface area (Å²) in [5, 5.41) is 0. The number of rotatable bonds is 5. The van der Waals surface area contributed by atoms with Gasteiger partial charge in [-0.25, -0.2) is 0 Å². The number of ether oxygens (including phenoxy) is 1. The molecule has 0 aromatic carbocycles. The predicted molar refractivity (Wildman–Crippen MR) is 51.6 cm³/mol. The molecule has 0 bridgehead atoms. The van der Waals surface area contributed by atoms with Gasteiger partial charge in [0.05, 0.1) is 13.2 Å². The van der Waals surface area contributed by atoms with Gasteiger partial charge in [0.25, 0.3) is 0 Å². The van der Waals surface area contributed by atoms with E-state index >= 15 is 0 Å². The van der Waals surface area contributed by atoms with Crippen LogP contribution in [0.3, 0.4) is 0 Å². The quantitative estimate of drug-likeness (QED) is 0.486. The first-order chi connectivity index (χ1) is 6.70. The molecule has 0 saturated carbocycles. The van der Waals surface area contributed by atoms with Crippen LogP contribution in [0.1, 0.15) is 26.7 Å². The molecule has 1 unspecified atom stereocenters. The first kappa shape index (κ1) is 11.2. The van der Waals surface area contributed by atoms with Crippen molar-refractivity contribution >= 4 is 11.8 Å². The molecule has 1 heterocycles. The molecule has 80 valence electrons. The summed E-state index contributed by atoms with van der Waals surface area (Å²) in [4.78, 5) is 24.3. The topological polar surface area (TPSA) is 46.6 Å². The largest absolute Gasteiger partial charge is 0.380 e. The maximum atomic E-state index is 11.6. The normalized spacial score (nSPS) is 22.1. The fourth-order valence-corrected chi connectivity index (χ4v) is 1.61. The summed E-state index contributed by atoms with van der Waals surface area (Å²) in [6.07, 6.45) is 1.12. The van der Waals surface area contributed by atoms with E-state index in [1.165, 1.54) is 4.90 Å². The highest BCUT2D eigenvalue weighted by Gasteiger charge is 2.36. The van der Waals surface area contributed by atoms with Crippen LogP contribution in [0.4, 0.5) is 0 Å². The second-order valence-corrected chi connectivity index (χ2v) is 3.39. The summed E-state index contributed by atoms with van der Waals surface area (Å²) in [7, 11) is 0. The van der Waals surface area contributed by atoms with E-state index in [1.54, 1.807) is 0 Å². The number of nitrogens with zero attached hydrogens (tertiary/aromatic N) is 1. The van der Waals surface area contributed by atoms with Crippen molar-refractivity contribution in [1.29, 1.82) is 0 Å². The lowest BCUT2D eigenvalue weighted by Gasteiger charge is -2.13. The van der Waals surface area contributed by atoms with Crippen molar-refractivity contribution < 1.29 is 14.3 Å². The van der Waals surface area contributed by atoms with E-state index in [-0.39, 0.29) is 17.7 Å². The second-order valence-electron chi connectivity index (χ2n) is 3.39. The minimum atomic E-state index is -0.0934. The van der Waals surface area contributed by atoms with E-state index in [0.29, 0.717) is 26.2 Å². The molecule has 14 heavy (non-hydrogen) atoms. The Bertz CT molecular complexity index is 227. The van der Waals surface area contributed by atoms with Gasteiger partial charge in [0, 0.05) is 18.9 Å². The number of amides is 2. The zero-order chi connectivity index (χ0) is 10.6. The van der Waals surface area contributed by atoms with Crippen LogP contribution in [-0.2, 0) is 14.3 Å². The van der Waals surface area contributed by atoms with Gasteiger partial charge in [0.1, 0.15) is 0 Å². The summed E-state index contributed by atoms with van der Waals surface area (Å²) < 4.78 is 5.11. The summed E-state index contributed by atoms with van der Waals surface area (Å²) in [5.74, 6) is -0.178. The fraction of sp³-hybridized carbons (Fsp3) is 0.800. The Hall–Kier alpha value is -0.900. The molecule has 0 spiro atoms. The highest BCUT2D eigenvalue weighted by molar-refractivity contribution is 6.03. The first-order valence-electron chi connectivity index (χ1n) is 5.12. The molecule has 1 rings (SSSR count). The van der Waals surface area contributed by atoms with E-state index in [4.69, 9.17) is 4.74 Å². The molecule has 0 radical (unpaired) electrons. The Morgan fingerprint density at radius 2 is 2.14 bits per heavy atom. The van der Waals surface area contributed by atoms with E-state index in [1.807, 2.05) is 13.8 Å². The maximum absolute atomic E-state index is 11.6. The molecule has 2 amide bonds. The zero-order valence-electron chi connectivity index (χ0n) is 8.78. The SMILES string of the molecule is CCOCCN1C(=O)CC(CC)C1=O. The number of likely N-dealkylation sites (tertiary alicyclic amines) is 1. The van der Waals surface area contributed by atoms with Crippen LogP contribution in [0, 0.1) is 5.92 Å². The number of hydrogen-bond donors (Lipinski definition) is 0. The van der Waals surface area contributed by atoms with Gasteiger partial charge in [-0.1, -0.05) is 6.92 Å². The predicted octanol–water partition coefficient (Wildman–Crippen LogP) is 0.808. The average Bonchev–Trinajstić information content (AvgIpc) is 2.45. The van der Waals surface area contributed by atoms with Crippen LogP contribution in [0.2, 0.25) is 0 Å². The third-order valence-electron chi connectivity index (χ3n) is 2.49. The van der Waals surface area contributed by atoms with Crippen LogP contribution in [-0.4, -0.2) is 36.5 Å². The van der Waals surface area contributed by atoms with Gasteiger partial charge in [-0.15, -0.1) is 0 Å². The lowest BCUT2D eigenvalue weighted by molar-refractivity contribution is -0.140. The second kappa shape index (κ2) is 5.10. The maximum Gasteiger partial charge on any atom is 0.232 e. The van der Waals surface area contributed by atoms with Gasteiger partial charge in [0.15, 0.2) is 0 Å². The van der Waals surface area contributed by atoms with E-state index in [0.717, 1.165) is 6.42 Å². The average molecular weight is 199 g/mol. The third-order valence-corrected chi connectivity index (χ3v) is 2.49. The smallest absolute Gasteiger partial charge is 0.232 e. The van der Waals surface area contributed by atoms with Crippen molar-refractivity contribution in [1.82, 2.24) is 4.90 Å². The fourth-order valence-electron chi connectivity index (χ4n) is 1.61. The molecule has 0 aromatic rings. The minimum absolute atomic E-state index is 0.0304. The Kier molecular flexibility index (Phi) is 4.07. The summed E-state index contributed by atoms with van der Waals surface area (Å²) in [5.41, 5.74) is 0. The molecule has 1 atom stereocenters. The lowest BCUT2D eigenvalue weighted by atomic mass is 10.1. The minimum Gasteiger partial charge on any atom is -0.380 e. The van der Waals surface area contributed by atoms with Crippen molar-refractivity contribution in [2.24, 2.45) is 5.92 Å².